The third kappa shape index (κ3) is 6.35. The molecule has 0 saturated carbocycles. The number of carbonyl (C=O) groups is 2. The molecule has 0 radical (unpaired) electrons. The maximum Gasteiger partial charge on any atom is 0.289 e. The first-order chi connectivity index (χ1) is 11.5. The van der Waals surface area contributed by atoms with Crippen LogP contribution in [0, 0.1) is 0 Å². The maximum atomic E-state index is 11.6. The van der Waals surface area contributed by atoms with E-state index in [2.05, 4.69) is 47.8 Å². The van der Waals surface area contributed by atoms with Gasteiger partial charge in [0.1, 0.15) is 5.01 Å². The Morgan fingerprint density at radius 2 is 2.08 bits per heavy atom. The minimum atomic E-state index is -0.700. The van der Waals surface area contributed by atoms with Crippen molar-refractivity contribution < 1.29 is 9.59 Å². The quantitative estimate of drug-likeness (QED) is 0.416. The first kappa shape index (κ1) is 20.2. The lowest BCUT2D eigenvalue weighted by Gasteiger charge is -2.08. The van der Waals surface area contributed by atoms with E-state index in [0.29, 0.717) is 0 Å². The monoisotopic (exact) mass is 350 g/mol. The zero-order valence-electron chi connectivity index (χ0n) is 14.5. The van der Waals surface area contributed by atoms with Crippen LogP contribution in [0.4, 0.5) is 0 Å². The van der Waals surface area contributed by atoms with Gasteiger partial charge < -0.3 is 5.32 Å². The largest absolute Gasteiger partial charge is 0.344 e. The number of nitrogens with one attached hydrogen (secondary N) is 2. The molecule has 1 amide bonds. The lowest BCUT2D eigenvalue weighted by atomic mass is 10.1. The minimum absolute atomic E-state index is 0.232. The number of nitrogens with two attached hydrogens (primary N) is 1. The van der Waals surface area contributed by atoms with E-state index in [1.54, 1.807) is 0 Å². The fourth-order valence-electron chi connectivity index (χ4n) is 1.82. The molecule has 132 valence electrons. The van der Waals surface area contributed by atoms with Gasteiger partial charge in [-0.2, -0.15) is 0 Å². The highest BCUT2D eigenvalue weighted by atomic mass is 32.1. The zero-order chi connectivity index (χ0) is 17.9. The summed E-state index contributed by atoms with van der Waals surface area (Å²) in [6.45, 7) is 6.01. The molecule has 1 aromatic rings. The Morgan fingerprint density at radius 3 is 2.67 bits per heavy atom. The average Bonchev–Trinajstić information content (AvgIpc) is 3.08. The molecule has 1 unspecified atom stereocenters. The Labute approximate surface area is 147 Å². The van der Waals surface area contributed by atoms with Crippen LogP contribution in [-0.4, -0.2) is 22.7 Å². The van der Waals surface area contributed by atoms with Crippen molar-refractivity contribution in [1.82, 2.24) is 15.7 Å². The topological polar surface area (TPSA) is 97.1 Å². The Kier molecular flexibility index (Phi) is 9.14. The van der Waals surface area contributed by atoms with Gasteiger partial charge in [-0.05, 0) is 19.8 Å². The Balaban J connectivity index is 0.000000891. The molecule has 7 heteroatoms. The summed E-state index contributed by atoms with van der Waals surface area (Å²) in [6.07, 6.45) is 9.67. The molecule has 1 aliphatic rings. The van der Waals surface area contributed by atoms with E-state index < -0.39 is 17.7 Å². The van der Waals surface area contributed by atoms with E-state index >= 15 is 0 Å². The van der Waals surface area contributed by atoms with Crippen molar-refractivity contribution in [3.05, 3.63) is 34.3 Å². The lowest BCUT2D eigenvalue weighted by Crippen LogP contribution is -2.46. The standard InChI is InChI=1S/C14H18N4O2S.C3H8/c1-9(18-15)12(19)13(20)16-7-11-8-21-14(17-11)10-5-3-2-4-6-10;1-3-2/h3,5-6,8-9,18H,2,4,7,15H2,1H3,(H,16,20);3H2,1-2H3. The number of nitrogens with zero attached hydrogens (tertiary/aromatic N) is 1. The van der Waals surface area contributed by atoms with Gasteiger partial charge in [0.05, 0.1) is 18.3 Å². The van der Waals surface area contributed by atoms with E-state index in [1.165, 1.54) is 24.7 Å². The maximum absolute atomic E-state index is 11.6. The van der Waals surface area contributed by atoms with Crippen LogP contribution in [-0.2, 0) is 16.1 Å². The molecule has 1 aromatic heterocycles. The number of rotatable bonds is 6. The predicted molar refractivity (Wildman–Crippen MR) is 98.1 cm³/mol. The second kappa shape index (κ2) is 10.9. The number of amides is 1. The molecule has 0 aromatic carbocycles. The molecule has 1 aliphatic carbocycles. The number of thiazole rings is 1. The minimum Gasteiger partial charge on any atom is -0.344 e. The predicted octanol–water partition coefficient (Wildman–Crippen LogP) is 2.33. The summed E-state index contributed by atoms with van der Waals surface area (Å²) in [7, 11) is 0. The summed E-state index contributed by atoms with van der Waals surface area (Å²) in [6, 6.07) is -0.700. The number of hydrazine groups is 1. The van der Waals surface area contributed by atoms with E-state index in [9.17, 15) is 9.59 Å². The van der Waals surface area contributed by atoms with Gasteiger partial charge in [-0.25, -0.2) is 10.4 Å². The molecule has 1 heterocycles. The van der Waals surface area contributed by atoms with Crippen LogP contribution >= 0.6 is 11.3 Å². The van der Waals surface area contributed by atoms with E-state index in [4.69, 9.17) is 5.84 Å². The van der Waals surface area contributed by atoms with Crippen molar-refractivity contribution in [1.29, 1.82) is 0 Å². The van der Waals surface area contributed by atoms with Crippen LogP contribution in [0.2, 0.25) is 0 Å². The number of hydrogen-bond acceptors (Lipinski definition) is 6. The second-order valence-electron chi connectivity index (χ2n) is 5.43. The first-order valence-corrected chi connectivity index (χ1v) is 9.01. The van der Waals surface area contributed by atoms with Crippen molar-refractivity contribution >= 4 is 28.6 Å². The summed E-state index contributed by atoms with van der Waals surface area (Å²) < 4.78 is 0. The zero-order valence-corrected chi connectivity index (χ0v) is 15.3. The molecule has 6 nitrogen and oxygen atoms in total. The number of carbonyl (C=O) groups excluding carboxylic acids is 2. The third-order valence-corrected chi connectivity index (χ3v) is 4.03. The van der Waals surface area contributed by atoms with Crippen molar-refractivity contribution in [2.24, 2.45) is 5.84 Å². The van der Waals surface area contributed by atoms with Crippen molar-refractivity contribution in [3.8, 4) is 0 Å². The fourth-order valence-corrected chi connectivity index (χ4v) is 2.66. The number of allylic oxidation sites excluding steroid dienone is 4. The molecule has 24 heavy (non-hydrogen) atoms. The summed E-state index contributed by atoms with van der Waals surface area (Å²) in [4.78, 5) is 27.6. The van der Waals surface area contributed by atoms with Gasteiger partial charge in [0.15, 0.2) is 0 Å². The highest BCUT2D eigenvalue weighted by Crippen LogP contribution is 2.24. The Hall–Kier alpha value is -1.83. The molecular formula is C17H26N4O2S. The molecule has 0 aliphatic heterocycles. The van der Waals surface area contributed by atoms with Crippen molar-refractivity contribution in [3.63, 3.8) is 0 Å². The number of ketones is 1. The van der Waals surface area contributed by atoms with E-state index in [0.717, 1.165) is 29.1 Å². The molecule has 0 saturated heterocycles. The van der Waals surface area contributed by atoms with Gasteiger partial charge in [0, 0.05) is 11.0 Å². The third-order valence-electron chi connectivity index (χ3n) is 3.09. The van der Waals surface area contributed by atoms with Crippen LogP contribution in [0.3, 0.4) is 0 Å². The van der Waals surface area contributed by atoms with Crippen molar-refractivity contribution in [2.75, 3.05) is 0 Å². The molecule has 2 rings (SSSR count). The van der Waals surface area contributed by atoms with E-state index in [1.807, 2.05) is 5.38 Å². The van der Waals surface area contributed by atoms with Crippen LogP contribution in [0.1, 0.15) is 50.7 Å². The van der Waals surface area contributed by atoms with Crippen LogP contribution < -0.4 is 16.6 Å². The average molecular weight is 350 g/mol. The first-order valence-electron chi connectivity index (χ1n) is 8.13. The highest BCUT2D eigenvalue weighted by Gasteiger charge is 2.20. The van der Waals surface area contributed by atoms with Crippen LogP contribution in [0.25, 0.3) is 5.57 Å². The van der Waals surface area contributed by atoms with Crippen LogP contribution in [0.5, 0.6) is 0 Å². The van der Waals surface area contributed by atoms with Crippen molar-refractivity contribution in [2.45, 2.75) is 52.6 Å². The lowest BCUT2D eigenvalue weighted by molar-refractivity contribution is -0.139. The Morgan fingerprint density at radius 1 is 1.38 bits per heavy atom. The molecule has 0 fully saturated rings. The van der Waals surface area contributed by atoms with Gasteiger partial charge in [-0.1, -0.05) is 38.5 Å². The van der Waals surface area contributed by atoms with Gasteiger partial charge in [-0.15, -0.1) is 11.3 Å². The summed E-state index contributed by atoms with van der Waals surface area (Å²) in [5, 5.41) is 5.36. The van der Waals surface area contributed by atoms with Gasteiger partial charge in [0.25, 0.3) is 5.91 Å². The number of hydrogen-bond donors (Lipinski definition) is 3. The van der Waals surface area contributed by atoms with Gasteiger partial charge >= 0.3 is 0 Å². The summed E-state index contributed by atoms with van der Waals surface area (Å²) in [5.74, 6) is 3.88. The normalized spacial score (nSPS) is 14.2. The summed E-state index contributed by atoms with van der Waals surface area (Å²) in [5.41, 5.74) is 4.10. The fraction of sp³-hybridized carbons (Fsp3) is 0.471. The second-order valence-corrected chi connectivity index (χ2v) is 6.28. The SMILES string of the molecule is CC(NN)C(=O)C(=O)NCc1csc(C2=CCCC=C2)n1.CCC. The molecular weight excluding hydrogens is 324 g/mol. The van der Waals surface area contributed by atoms with Gasteiger partial charge in [-0.3, -0.25) is 15.4 Å². The highest BCUT2D eigenvalue weighted by molar-refractivity contribution is 7.10. The molecule has 1 atom stereocenters. The number of Topliss-reactive ketones (excluding diaryl/α,β-unsaturated/α-hetero) is 1. The molecule has 4 N–H and O–H groups in total. The van der Waals surface area contributed by atoms with E-state index in [-0.39, 0.29) is 6.54 Å². The smallest absolute Gasteiger partial charge is 0.289 e. The molecule has 0 spiro atoms. The Bertz CT molecular complexity index is 607. The summed E-state index contributed by atoms with van der Waals surface area (Å²) >= 11 is 1.53. The van der Waals surface area contributed by atoms with Crippen LogP contribution in [0.15, 0.2) is 23.6 Å². The van der Waals surface area contributed by atoms with Gasteiger partial charge in [0.2, 0.25) is 5.78 Å². The molecule has 0 bridgehead atoms. The number of aromatic nitrogens is 1.